The normalized spacial score (nSPS) is 19.8. The largest absolute Gasteiger partial charge is 0.497 e. The van der Waals surface area contributed by atoms with Gasteiger partial charge in [0.15, 0.2) is 0 Å². The van der Waals surface area contributed by atoms with E-state index in [-0.39, 0.29) is 22.7 Å². The van der Waals surface area contributed by atoms with Crippen LogP contribution in [0.4, 0.5) is 11.4 Å². The highest BCUT2D eigenvalue weighted by atomic mass is 16.5. The summed E-state index contributed by atoms with van der Waals surface area (Å²) in [5, 5.41) is 2.91. The summed E-state index contributed by atoms with van der Waals surface area (Å²) in [4.78, 5) is 12.4. The van der Waals surface area contributed by atoms with Gasteiger partial charge in [0.05, 0.1) is 18.5 Å². The second-order valence-corrected chi connectivity index (χ2v) is 6.32. The Morgan fingerprint density at radius 3 is 2.32 bits per heavy atom. The molecule has 3 N–H and O–H groups in total. The molecule has 1 fully saturated rings. The molecule has 1 aromatic rings. The molecule has 0 heterocycles. The molecule has 4 nitrogen and oxygen atoms in total. The maximum atomic E-state index is 12.4. The van der Waals surface area contributed by atoms with E-state index in [1.165, 1.54) is 0 Å². The minimum Gasteiger partial charge on any atom is -0.497 e. The standard InChI is InChI=1S/C15H22N2O2/c1-14(2)12(15(14,3)4)13(18)17-11-8-9(19-5)6-7-10(11)16/h6-8,12H,16H2,1-5H3,(H,17,18). The second-order valence-electron chi connectivity index (χ2n) is 6.32. The zero-order valence-corrected chi connectivity index (χ0v) is 12.2. The fourth-order valence-corrected chi connectivity index (χ4v) is 2.83. The fraction of sp³-hybridized carbons (Fsp3) is 0.533. The third-order valence-electron chi connectivity index (χ3n) is 4.80. The van der Waals surface area contributed by atoms with Gasteiger partial charge in [0, 0.05) is 12.0 Å². The molecule has 0 radical (unpaired) electrons. The van der Waals surface area contributed by atoms with E-state index in [1.54, 1.807) is 25.3 Å². The number of benzene rings is 1. The van der Waals surface area contributed by atoms with Gasteiger partial charge >= 0.3 is 0 Å². The molecule has 0 bridgehead atoms. The molecule has 1 amide bonds. The quantitative estimate of drug-likeness (QED) is 0.823. The van der Waals surface area contributed by atoms with Crippen molar-refractivity contribution in [2.75, 3.05) is 18.2 Å². The molecule has 0 unspecified atom stereocenters. The molecule has 1 aliphatic carbocycles. The van der Waals surface area contributed by atoms with Gasteiger partial charge in [-0.3, -0.25) is 4.79 Å². The third-order valence-corrected chi connectivity index (χ3v) is 4.80. The van der Waals surface area contributed by atoms with E-state index >= 15 is 0 Å². The van der Waals surface area contributed by atoms with E-state index in [0.29, 0.717) is 17.1 Å². The first-order chi connectivity index (χ1) is 8.71. The van der Waals surface area contributed by atoms with Crippen LogP contribution >= 0.6 is 0 Å². The first kappa shape index (κ1) is 13.7. The van der Waals surface area contributed by atoms with Crippen molar-refractivity contribution >= 4 is 17.3 Å². The Labute approximate surface area is 114 Å². The second kappa shape index (κ2) is 4.15. The van der Waals surface area contributed by atoms with Gasteiger partial charge in [-0.1, -0.05) is 27.7 Å². The summed E-state index contributed by atoms with van der Waals surface area (Å²) in [5.74, 6) is 0.708. The molecular weight excluding hydrogens is 240 g/mol. The average Bonchev–Trinajstić information content (AvgIpc) is 2.72. The summed E-state index contributed by atoms with van der Waals surface area (Å²) in [6.07, 6.45) is 0. The molecule has 1 aliphatic rings. The molecule has 1 aromatic carbocycles. The van der Waals surface area contributed by atoms with Gasteiger partial charge in [0.1, 0.15) is 5.75 Å². The SMILES string of the molecule is COc1ccc(N)c(NC(=O)C2C(C)(C)C2(C)C)c1. The smallest absolute Gasteiger partial charge is 0.228 e. The highest BCUT2D eigenvalue weighted by Crippen LogP contribution is 2.68. The van der Waals surface area contributed by atoms with Crippen LogP contribution in [0.1, 0.15) is 27.7 Å². The summed E-state index contributed by atoms with van der Waals surface area (Å²) in [6.45, 7) is 8.47. The van der Waals surface area contributed by atoms with Crippen molar-refractivity contribution in [3.63, 3.8) is 0 Å². The number of nitrogens with one attached hydrogen (secondary N) is 1. The lowest BCUT2D eigenvalue weighted by molar-refractivity contribution is -0.118. The van der Waals surface area contributed by atoms with Crippen LogP contribution in [0, 0.1) is 16.7 Å². The van der Waals surface area contributed by atoms with E-state index in [2.05, 4.69) is 33.0 Å². The molecule has 2 rings (SSSR count). The van der Waals surface area contributed by atoms with Gasteiger partial charge in [0.25, 0.3) is 0 Å². The number of carbonyl (C=O) groups excluding carboxylic acids is 1. The van der Waals surface area contributed by atoms with Crippen molar-refractivity contribution in [2.24, 2.45) is 16.7 Å². The van der Waals surface area contributed by atoms with Crippen LogP contribution in [0.5, 0.6) is 5.75 Å². The molecule has 4 heteroatoms. The molecular formula is C15H22N2O2. The summed E-state index contributed by atoms with van der Waals surface area (Å²) >= 11 is 0. The van der Waals surface area contributed by atoms with E-state index < -0.39 is 0 Å². The minimum absolute atomic E-state index is 0.00519. The Bertz CT molecular complexity index is 507. The van der Waals surface area contributed by atoms with Crippen LogP contribution in [0.2, 0.25) is 0 Å². The highest BCUT2D eigenvalue weighted by molar-refractivity contribution is 5.98. The van der Waals surface area contributed by atoms with Gasteiger partial charge in [-0.15, -0.1) is 0 Å². The van der Waals surface area contributed by atoms with Crippen molar-refractivity contribution in [3.8, 4) is 5.75 Å². The lowest BCUT2D eigenvalue weighted by Gasteiger charge is -2.10. The fourth-order valence-electron chi connectivity index (χ4n) is 2.83. The number of amides is 1. The zero-order chi connectivity index (χ0) is 14.4. The molecule has 0 aromatic heterocycles. The Kier molecular flexibility index (Phi) is 3.00. The van der Waals surface area contributed by atoms with E-state index in [4.69, 9.17) is 10.5 Å². The number of anilines is 2. The van der Waals surface area contributed by atoms with Crippen LogP contribution in [0.3, 0.4) is 0 Å². The maximum Gasteiger partial charge on any atom is 0.228 e. The van der Waals surface area contributed by atoms with E-state index in [0.717, 1.165) is 0 Å². The van der Waals surface area contributed by atoms with Crippen molar-refractivity contribution in [1.82, 2.24) is 0 Å². The molecule has 0 atom stereocenters. The molecule has 104 valence electrons. The Balaban J connectivity index is 2.17. The minimum atomic E-state index is 0.00519. The number of rotatable bonds is 3. The monoisotopic (exact) mass is 262 g/mol. The number of nitrogen functional groups attached to an aromatic ring is 1. The first-order valence-corrected chi connectivity index (χ1v) is 6.46. The molecule has 0 saturated heterocycles. The number of methoxy groups -OCH3 is 1. The lowest BCUT2D eigenvalue weighted by Crippen LogP contribution is -2.18. The lowest BCUT2D eigenvalue weighted by atomic mass is 10.0. The van der Waals surface area contributed by atoms with Crippen LogP contribution in [0.25, 0.3) is 0 Å². The van der Waals surface area contributed by atoms with Gasteiger partial charge in [-0.05, 0) is 23.0 Å². The molecule has 1 saturated carbocycles. The Hall–Kier alpha value is -1.71. The third kappa shape index (κ3) is 2.05. The van der Waals surface area contributed by atoms with Crippen LogP contribution in [-0.2, 0) is 4.79 Å². The zero-order valence-electron chi connectivity index (χ0n) is 12.2. The van der Waals surface area contributed by atoms with Crippen molar-refractivity contribution in [3.05, 3.63) is 18.2 Å². The Morgan fingerprint density at radius 2 is 1.84 bits per heavy atom. The molecule has 0 spiro atoms. The van der Waals surface area contributed by atoms with Gasteiger partial charge in [-0.2, -0.15) is 0 Å². The van der Waals surface area contributed by atoms with E-state index in [1.807, 2.05) is 0 Å². The predicted octanol–water partition coefficient (Wildman–Crippen LogP) is 2.90. The average molecular weight is 262 g/mol. The van der Waals surface area contributed by atoms with E-state index in [9.17, 15) is 4.79 Å². The number of ether oxygens (including phenoxy) is 1. The van der Waals surface area contributed by atoms with Gasteiger partial charge in [0.2, 0.25) is 5.91 Å². The predicted molar refractivity (Wildman–Crippen MR) is 77.1 cm³/mol. The van der Waals surface area contributed by atoms with Crippen molar-refractivity contribution in [2.45, 2.75) is 27.7 Å². The van der Waals surface area contributed by atoms with Crippen molar-refractivity contribution in [1.29, 1.82) is 0 Å². The first-order valence-electron chi connectivity index (χ1n) is 6.46. The maximum absolute atomic E-state index is 12.4. The summed E-state index contributed by atoms with van der Waals surface area (Å²) < 4.78 is 5.14. The topological polar surface area (TPSA) is 64.3 Å². The van der Waals surface area contributed by atoms with Crippen LogP contribution in [0.15, 0.2) is 18.2 Å². The summed E-state index contributed by atoms with van der Waals surface area (Å²) in [5.41, 5.74) is 7.08. The number of hydrogen-bond donors (Lipinski definition) is 2. The summed E-state index contributed by atoms with van der Waals surface area (Å²) in [7, 11) is 1.59. The molecule has 19 heavy (non-hydrogen) atoms. The van der Waals surface area contributed by atoms with Crippen LogP contribution in [-0.4, -0.2) is 13.0 Å². The number of carbonyl (C=O) groups is 1. The number of nitrogens with two attached hydrogens (primary N) is 1. The highest BCUT2D eigenvalue weighted by Gasteiger charge is 2.68. The Morgan fingerprint density at radius 1 is 1.26 bits per heavy atom. The number of hydrogen-bond acceptors (Lipinski definition) is 3. The van der Waals surface area contributed by atoms with Gasteiger partial charge in [-0.25, -0.2) is 0 Å². The summed E-state index contributed by atoms with van der Waals surface area (Å²) in [6, 6.07) is 5.25. The van der Waals surface area contributed by atoms with Gasteiger partial charge < -0.3 is 15.8 Å². The molecule has 0 aliphatic heterocycles. The van der Waals surface area contributed by atoms with Crippen LogP contribution < -0.4 is 15.8 Å². The van der Waals surface area contributed by atoms with Crippen molar-refractivity contribution < 1.29 is 9.53 Å².